The van der Waals surface area contributed by atoms with Crippen LogP contribution in [0.1, 0.15) is 15.9 Å². The number of fused-ring (bicyclic) bond motifs is 1. The lowest BCUT2D eigenvalue weighted by molar-refractivity contribution is 0.102. The van der Waals surface area contributed by atoms with E-state index in [0.29, 0.717) is 27.9 Å². The average molecular weight is 401 g/mol. The number of thioether (sulfide) groups is 1. The van der Waals surface area contributed by atoms with Gasteiger partial charge in [0.25, 0.3) is 5.91 Å². The Labute approximate surface area is 172 Å². The molecule has 4 nitrogen and oxygen atoms in total. The predicted molar refractivity (Wildman–Crippen MR) is 119 cm³/mol. The average Bonchev–Trinajstić information content (AvgIpc) is 2.76. The molecule has 5 heteroatoms. The fourth-order valence-electron chi connectivity index (χ4n) is 3.29. The molecule has 0 radical (unpaired) electrons. The standard InChI is InChI=1S/C24H19NO3S/c1-15-21(26)17-11-8-12-18(23(17)28-22(15)16-9-4-3-5-10-16)24(27)25-19-13-6-7-14-20(19)29-2/h3-14H,1-2H3,(H,25,27). The van der Waals surface area contributed by atoms with Crippen molar-refractivity contribution in [3.63, 3.8) is 0 Å². The monoisotopic (exact) mass is 401 g/mol. The van der Waals surface area contributed by atoms with Crippen LogP contribution in [0.2, 0.25) is 0 Å². The Balaban J connectivity index is 1.86. The molecule has 3 aromatic carbocycles. The third kappa shape index (κ3) is 3.57. The number of hydrogen-bond donors (Lipinski definition) is 1. The minimum Gasteiger partial charge on any atom is -0.455 e. The molecule has 29 heavy (non-hydrogen) atoms. The molecule has 4 aromatic rings. The lowest BCUT2D eigenvalue weighted by atomic mass is 10.0. The SMILES string of the molecule is CSc1ccccc1NC(=O)c1cccc2c(=O)c(C)c(-c3ccccc3)oc12. The number of rotatable bonds is 4. The van der Waals surface area contributed by atoms with E-state index in [0.717, 1.165) is 16.1 Å². The first-order chi connectivity index (χ1) is 14.1. The van der Waals surface area contributed by atoms with E-state index in [2.05, 4.69) is 5.32 Å². The van der Waals surface area contributed by atoms with Gasteiger partial charge in [0.15, 0.2) is 11.0 Å². The van der Waals surface area contributed by atoms with Gasteiger partial charge in [-0.25, -0.2) is 0 Å². The van der Waals surface area contributed by atoms with Gasteiger partial charge in [-0.2, -0.15) is 0 Å². The minimum absolute atomic E-state index is 0.135. The molecule has 0 bridgehead atoms. The second kappa shape index (κ2) is 7.97. The normalized spacial score (nSPS) is 10.8. The van der Waals surface area contributed by atoms with Crippen molar-refractivity contribution in [3.05, 3.63) is 94.1 Å². The zero-order chi connectivity index (χ0) is 20.4. The predicted octanol–water partition coefficient (Wildman–Crippen LogP) is 5.74. The number of benzene rings is 3. The van der Waals surface area contributed by atoms with Crippen molar-refractivity contribution in [2.24, 2.45) is 0 Å². The summed E-state index contributed by atoms with van der Waals surface area (Å²) in [6.45, 7) is 1.75. The maximum atomic E-state index is 13.1. The summed E-state index contributed by atoms with van der Waals surface area (Å²) in [6.07, 6.45) is 1.96. The molecule has 0 aliphatic heterocycles. The van der Waals surface area contributed by atoms with E-state index in [1.54, 1.807) is 36.9 Å². The van der Waals surface area contributed by atoms with E-state index in [1.807, 2.05) is 60.9 Å². The van der Waals surface area contributed by atoms with E-state index in [9.17, 15) is 9.59 Å². The van der Waals surface area contributed by atoms with Crippen molar-refractivity contribution in [1.82, 2.24) is 0 Å². The highest BCUT2D eigenvalue weighted by molar-refractivity contribution is 7.98. The number of carbonyl (C=O) groups excluding carboxylic acids is 1. The van der Waals surface area contributed by atoms with Crippen LogP contribution in [0, 0.1) is 6.92 Å². The molecule has 0 fully saturated rings. The van der Waals surface area contributed by atoms with Gasteiger partial charge in [0.2, 0.25) is 0 Å². The van der Waals surface area contributed by atoms with Gasteiger partial charge in [-0.1, -0.05) is 48.5 Å². The van der Waals surface area contributed by atoms with Crippen LogP contribution in [0.25, 0.3) is 22.3 Å². The van der Waals surface area contributed by atoms with Crippen LogP contribution in [-0.4, -0.2) is 12.2 Å². The molecule has 1 amide bonds. The first kappa shape index (κ1) is 19.0. The molecule has 4 rings (SSSR count). The first-order valence-corrected chi connectivity index (χ1v) is 10.4. The summed E-state index contributed by atoms with van der Waals surface area (Å²) >= 11 is 1.55. The molecule has 0 saturated carbocycles. The molecule has 0 unspecified atom stereocenters. The molecule has 1 aromatic heterocycles. The van der Waals surface area contributed by atoms with Crippen molar-refractivity contribution in [3.8, 4) is 11.3 Å². The van der Waals surface area contributed by atoms with E-state index >= 15 is 0 Å². The second-order valence-corrected chi connectivity index (χ2v) is 7.44. The highest BCUT2D eigenvalue weighted by Crippen LogP contribution is 2.29. The molecule has 0 saturated heterocycles. The Hall–Kier alpha value is -3.31. The molecule has 144 valence electrons. The van der Waals surface area contributed by atoms with Crippen LogP contribution in [0.4, 0.5) is 5.69 Å². The fourth-order valence-corrected chi connectivity index (χ4v) is 3.84. The number of hydrogen-bond acceptors (Lipinski definition) is 4. The molecule has 0 aliphatic rings. The van der Waals surface area contributed by atoms with Crippen LogP contribution in [0.15, 0.2) is 86.9 Å². The van der Waals surface area contributed by atoms with Crippen molar-refractivity contribution in [2.75, 3.05) is 11.6 Å². The van der Waals surface area contributed by atoms with Gasteiger partial charge in [-0.15, -0.1) is 11.8 Å². The Bertz CT molecular complexity index is 1260. The minimum atomic E-state index is -0.317. The third-order valence-electron chi connectivity index (χ3n) is 4.78. The summed E-state index contributed by atoms with van der Waals surface area (Å²) < 4.78 is 6.14. The van der Waals surface area contributed by atoms with Crippen LogP contribution >= 0.6 is 11.8 Å². The first-order valence-electron chi connectivity index (χ1n) is 9.16. The third-order valence-corrected chi connectivity index (χ3v) is 5.58. The Morgan fingerprint density at radius 1 is 0.931 bits per heavy atom. The molecule has 1 heterocycles. The van der Waals surface area contributed by atoms with E-state index in [-0.39, 0.29) is 11.3 Å². The second-order valence-electron chi connectivity index (χ2n) is 6.59. The summed E-state index contributed by atoms with van der Waals surface area (Å²) in [4.78, 5) is 27.0. The Morgan fingerprint density at radius 3 is 2.41 bits per heavy atom. The quantitative estimate of drug-likeness (QED) is 0.443. The largest absolute Gasteiger partial charge is 0.455 e. The maximum absolute atomic E-state index is 13.1. The fraction of sp³-hybridized carbons (Fsp3) is 0.0833. The topological polar surface area (TPSA) is 59.3 Å². The lowest BCUT2D eigenvalue weighted by Crippen LogP contribution is -2.15. The summed E-state index contributed by atoms with van der Waals surface area (Å²) in [5, 5.41) is 3.34. The van der Waals surface area contributed by atoms with Gasteiger partial charge in [0.05, 0.1) is 16.6 Å². The molecule has 0 spiro atoms. The molecule has 0 aliphatic carbocycles. The summed E-state index contributed by atoms with van der Waals surface area (Å²) in [5.41, 5.74) is 2.53. The van der Waals surface area contributed by atoms with Crippen molar-refractivity contribution < 1.29 is 9.21 Å². The Morgan fingerprint density at radius 2 is 1.66 bits per heavy atom. The smallest absolute Gasteiger partial charge is 0.259 e. The molecule has 1 N–H and O–H groups in total. The van der Waals surface area contributed by atoms with Gasteiger partial charge in [-0.3, -0.25) is 9.59 Å². The zero-order valence-electron chi connectivity index (χ0n) is 16.1. The van der Waals surface area contributed by atoms with Crippen LogP contribution < -0.4 is 10.7 Å². The highest BCUT2D eigenvalue weighted by atomic mass is 32.2. The van der Waals surface area contributed by atoms with Crippen LogP contribution in [0.3, 0.4) is 0 Å². The molecular formula is C24H19NO3S. The maximum Gasteiger partial charge on any atom is 0.259 e. The lowest BCUT2D eigenvalue weighted by Gasteiger charge is -2.12. The van der Waals surface area contributed by atoms with Gasteiger partial charge in [-0.05, 0) is 37.4 Å². The summed E-state index contributed by atoms with van der Waals surface area (Å²) in [6, 6.07) is 22.1. The van der Waals surface area contributed by atoms with Gasteiger partial charge >= 0.3 is 0 Å². The number of nitrogens with one attached hydrogen (secondary N) is 1. The number of carbonyl (C=O) groups is 1. The van der Waals surface area contributed by atoms with E-state index in [4.69, 9.17) is 4.42 Å². The van der Waals surface area contributed by atoms with Gasteiger partial charge in [0, 0.05) is 16.0 Å². The van der Waals surface area contributed by atoms with E-state index in [1.165, 1.54) is 0 Å². The molecule has 0 atom stereocenters. The molecular weight excluding hydrogens is 382 g/mol. The number of amides is 1. The van der Waals surface area contributed by atoms with Crippen molar-refractivity contribution >= 4 is 34.3 Å². The Kier molecular flexibility index (Phi) is 5.23. The van der Waals surface area contributed by atoms with Crippen LogP contribution in [-0.2, 0) is 0 Å². The number of anilines is 1. The van der Waals surface area contributed by atoms with Crippen molar-refractivity contribution in [2.45, 2.75) is 11.8 Å². The van der Waals surface area contributed by atoms with Crippen molar-refractivity contribution in [1.29, 1.82) is 0 Å². The zero-order valence-corrected chi connectivity index (χ0v) is 16.9. The van der Waals surface area contributed by atoms with Crippen LogP contribution in [0.5, 0.6) is 0 Å². The van der Waals surface area contributed by atoms with E-state index < -0.39 is 0 Å². The van der Waals surface area contributed by atoms with Gasteiger partial charge < -0.3 is 9.73 Å². The summed E-state index contributed by atoms with van der Waals surface area (Å²) in [7, 11) is 0. The summed E-state index contributed by atoms with van der Waals surface area (Å²) in [5.74, 6) is 0.163. The van der Waals surface area contributed by atoms with Gasteiger partial charge in [0.1, 0.15) is 5.76 Å². The highest BCUT2D eigenvalue weighted by Gasteiger charge is 2.19. The number of para-hydroxylation sites is 2.